The third-order valence-electron chi connectivity index (χ3n) is 1.86. The summed E-state index contributed by atoms with van der Waals surface area (Å²) in [6.07, 6.45) is 5.40. The first kappa shape index (κ1) is 9.03. The maximum Gasteiger partial charge on any atom is 0.0560 e. The van der Waals surface area contributed by atoms with E-state index < -0.39 is 0 Å². The van der Waals surface area contributed by atoms with Crippen LogP contribution in [-0.4, -0.2) is 10.2 Å². The van der Waals surface area contributed by atoms with Gasteiger partial charge in [-0.3, -0.25) is 5.10 Å². The fraction of sp³-hybridized carbons (Fsp3) is 0. The third-order valence-corrected chi connectivity index (χ3v) is 2.19. The third kappa shape index (κ3) is 2.03. The van der Waals surface area contributed by atoms with Crippen LogP contribution in [0.5, 0.6) is 0 Å². The van der Waals surface area contributed by atoms with Crippen LogP contribution < -0.4 is 0 Å². The van der Waals surface area contributed by atoms with Crippen molar-refractivity contribution in [1.82, 2.24) is 10.2 Å². The Balaban J connectivity index is 2.29. The van der Waals surface area contributed by atoms with Crippen molar-refractivity contribution in [2.75, 3.05) is 0 Å². The quantitative estimate of drug-likeness (QED) is 0.800. The van der Waals surface area contributed by atoms with Crippen LogP contribution in [0.1, 0.15) is 11.1 Å². The zero-order valence-electron chi connectivity index (χ0n) is 7.44. The van der Waals surface area contributed by atoms with E-state index >= 15 is 0 Å². The lowest BCUT2D eigenvalue weighted by molar-refractivity contribution is 1.09. The van der Waals surface area contributed by atoms with Gasteiger partial charge >= 0.3 is 0 Å². The zero-order valence-corrected chi connectivity index (χ0v) is 8.20. The SMILES string of the molecule is Cl/C(=C\c1cn[nH]c1)c1ccccc1. The highest BCUT2D eigenvalue weighted by Gasteiger charge is 1.97. The molecular formula is C11H9ClN2. The van der Waals surface area contributed by atoms with E-state index in [1.54, 1.807) is 12.4 Å². The summed E-state index contributed by atoms with van der Waals surface area (Å²) in [6, 6.07) is 9.82. The molecule has 2 nitrogen and oxygen atoms in total. The second kappa shape index (κ2) is 4.11. The number of benzene rings is 1. The molecule has 2 rings (SSSR count). The number of H-pyrrole nitrogens is 1. The second-order valence-corrected chi connectivity index (χ2v) is 3.30. The summed E-state index contributed by atoms with van der Waals surface area (Å²) in [5.74, 6) is 0. The lowest BCUT2D eigenvalue weighted by atomic mass is 10.2. The Bertz CT molecular complexity index is 418. The van der Waals surface area contributed by atoms with Crippen molar-refractivity contribution in [1.29, 1.82) is 0 Å². The highest BCUT2D eigenvalue weighted by atomic mass is 35.5. The largest absolute Gasteiger partial charge is 0.285 e. The standard InChI is InChI=1S/C11H9ClN2/c12-11(6-9-7-13-14-8-9)10-4-2-1-3-5-10/h1-8H,(H,13,14)/b11-6-. The Morgan fingerprint density at radius 2 is 2.07 bits per heavy atom. The van der Waals surface area contributed by atoms with Crippen LogP contribution in [0.2, 0.25) is 0 Å². The Morgan fingerprint density at radius 1 is 1.29 bits per heavy atom. The highest BCUT2D eigenvalue weighted by Crippen LogP contribution is 2.20. The molecule has 0 aliphatic carbocycles. The van der Waals surface area contributed by atoms with E-state index in [1.165, 1.54) is 0 Å². The molecule has 3 heteroatoms. The summed E-state index contributed by atoms with van der Waals surface area (Å²) < 4.78 is 0. The first-order valence-corrected chi connectivity index (χ1v) is 4.65. The number of hydrogen-bond acceptors (Lipinski definition) is 1. The van der Waals surface area contributed by atoms with E-state index in [0.717, 1.165) is 11.1 Å². The van der Waals surface area contributed by atoms with Gasteiger partial charge in [0.1, 0.15) is 0 Å². The van der Waals surface area contributed by atoms with E-state index in [2.05, 4.69) is 10.2 Å². The molecule has 0 amide bonds. The van der Waals surface area contributed by atoms with Crippen molar-refractivity contribution in [3.63, 3.8) is 0 Å². The Labute approximate surface area is 87.2 Å². The van der Waals surface area contributed by atoms with Crippen LogP contribution in [0.25, 0.3) is 11.1 Å². The summed E-state index contributed by atoms with van der Waals surface area (Å²) >= 11 is 6.12. The normalized spacial score (nSPS) is 11.6. The lowest BCUT2D eigenvalue weighted by Gasteiger charge is -1.96. The summed E-state index contributed by atoms with van der Waals surface area (Å²) in [5, 5.41) is 7.29. The molecule has 1 N–H and O–H groups in total. The lowest BCUT2D eigenvalue weighted by Crippen LogP contribution is -1.74. The van der Waals surface area contributed by atoms with Gasteiger partial charge in [-0.1, -0.05) is 41.9 Å². The van der Waals surface area contributed by atoms with Crippen LogP contribution in [0.4, 0.5) is 0 Å². The molecule has 70 valence electrons. The van der Waals surface area contributed by atoms with Crippen molar-refractivity contribution in [3.8, 4) is 0 Å². The van der Waals surface area contributed by atoms with Crippen molar-refractivity contribution >= 4 is 22.7 Å². The van der Waals surface area contributed by atoms with Gasteiger partial charge in [0.05, 0.1) is 6.20 Å². The Kier molecular flexibility index (Phi) is 2.65. The summed E-state index contributed by atoms with van der Waals surface area (Å²) in [6.45, 7) is 0. The Morgan fingerprint density at radius 3 is 2.71 bits per heavy atom. The number of hydrogen-bond donors (Lipinski definition) is 1. The van der Waals surface area contributed by atoms with E-state index in [4.69, 9.17) is 11.6 Å². The van der Waals surface area contributed by atoms with Crippen LogP contribution in [-0.2, 0) is 0 Å². The van der Waals surface area contributed by atoms with E-state index in [0.29, 0.717) is 5.03 Å². The minimum Gasteiger partial charge on any atom is -0.285 e. The van der Waals surface area contributed by atoms with Crippen LogP contribution in [0.3, 0.4) is 0 Å². The van der Waals surface area contributed by atoms with Gasteiger partial charge in [-0.25, -0.2) is 0 Å². The van der Waals surface area contributed by atoms with Crippen molar-refractivity contribution < 1.29 is 0 Å². The molecule has 0 radical (unpaired) electrons. The van der Waals surface area contributed by atoms with Gasteiger partial charge in [0.25, 0.3) is 0 Å². The van der Waals surface area contributed by atoms with E-state index in [-0.39, 0.29) is 0 Å². The number of nitrogens with zero attached hydrogens (tertiary/aromatic N) is 1. The summed E-state index contributed by atoms with van der Waals surface area (Å²) in [7, 11) is 0. The van der Waals surface area contributed by atoms with Gasteiger partial charge in [0.15, 0.2) is 0 Å². The first-order chi connectivity index (χ1) is 6.86. The molecule has 0 saturated heterocycles. The number of aromatic nitrogens is 2. The molecule has 14 heavy (non-hydrogen) atoms. The fourth-order valence-corrected chi connectivity index (χ4v) is 1.42. The summed E-state index contributed by atoms with van der Waals surface area (Å²) in [4.78, 5) is 0. The molecule has 0 spiro atoms. The number of nitrogens with one attached hydrogen (secondary N) is 1. The molecule has 0 saturated carbocycles. The molecule has 1 heterocycles. The Hall–Kier alpha value is -1.54. The maximum absolute atomic E-state index is 6.12. The zero-order chi connectivity index (χ0) is 9.80. The molecular weight excluding hydrogens is 196 g/mol. The van der Waals surface area contributed by atoms with E-state index in [1.807, 2.05) is 36.4 Å². The molecule has 0 aliphatic heterocycles. The number of aromatic amines is 1. The number of halogens is 1. The minimum absolute atomic E-state index is 0.715. The van der Waals surface area contributed by atoms with Crippen LogP contribution in [0.15, 0.2) is 42.7 Å². The molecule has 0 bridgehead atoms. The smallest absolute Gasteiger partial charge is 0.0560 e. The van der Waals surface area contributed by atoms with Gasteiger partial charge in [-0.15, -0.1) is 0 Å². The average Bonchev–Trinajstić information content (AvgIpc) is 2.72. The van der Waals surface area contributed by atoms with Gasteiger partial charge in [-0.2, -0.15) is 5.10 Å². The molecule has 0 aliphatic rings. The maximum atomic E-state index is 6.12. The predicted octanol–water partition coefficient (Wildman–Crippen LogP) is 3.15. The van der Waals surface area contributed by atoms with Crippen LogP contribution >= 0.6 is 11.6 Å². The van der Waals surface area contributed by atoms with Crippen LogP contribution in [0, 0.1) is 0 Å². The van der Waals surface area contributed by atoms with Gasteiger partial charge in [0, 0.05) is 16.8 Å². The predicted molar refractivity (Wildman–Crippen MR) is 58.8 cm³/mol. The highest BCUT2D eigenvalue weighted by molar-refractivity contribution is 6.51. The number of rotatable bonds is 2. The van der Waals surface area contributed by atoms with Crippen molar-refractivity contribution in [2.24, 2.45) is 0 Å². The van der Waals surface area contributed by atoms with Crippen molar-refractivity contribution in [2.45, 2.75) is 0 Å². The monoisotopic (exact) mass is 204 g/mol. The molecule has 0 unspecified atom stereocenters. The molecule has 1 aromatic heterocycles. The van der Waals surface area contributed by atoms with Gasteiger partial charge < -0.3 is 0 Å². The molecule has 1 aromatic carbocycles. The van der Waals surface area contributed by atoms with Crippen molar-refractivity contribution in [3.05, 3.63) is 53.9 Å². The van der Waals surface area contributed by atoms with E-state index in [9.17, 15) is 0 Å². The molecule has 0 atom stereocenters. The second-order valence-electron chi connectivity index (χ2n) is 2.89. The van der Waals surface area contributed by atoms with Gasteiger partial charge in [-0.05, 0) is 11.6 Å². The van der Waals surface area contributed by atoms with Gasteiger partial charge in [0.2, 0.25) is 0 Å². The fourth-order valence-electron chi connectivity index (χ4n) is 1.17. The summed E-state index contributed by atoms with van der Waals surface area (Å²) in [5.41, 5.74) is 1.98. The topological polar surface area (TPSA) is 28.7 Å². The average molecular weight is 205 g/mol. The minimum atomic E-state index is 0.715. The first-order valence-electron chi connectivity index (χ1n) is 4.27. The molecule has 0 fully saturated rings. The molecule has 2 aromatic rings.